The SMILES string of the molecule is CCN1C(=CC=Cc2sc3ccc(F)cc3[n+]2CC)Sc2ccc(F)cc21. The smallest absolute Gasteiger partial charge is 0.262 e. The van der Waals surface area contributed by atoms with E-state index < -0.39 is 0 Å². The molecule has 0 bridgehead atoms. The zero-order valence-electron chi connectivity index (χ0n) is 15.1. The van der Waals surface area contributed by atoms with Crippen LogP contribution >= 0.6 is 23.1 Å². The molecule has 27 heavy (non-hydrogen) atoms. The standard InChI is InChI=1S/C21H19F2N2S2/c1-3-24-16-12-14(22)8-10-18(16)26-20(24)6-5-7-21-25(4-2)17-13-15(23)9-11-19(17)27-21/h5-13H,3-4H2,1-2H3/q+1. The van der Waals surface area contributed by atoms with Gasteiger partial charge in [0, 0.05) is 23.6 Å². The molecule has 4 rings (SSSR count). The summed E-state index contributed by atoms with van der Waals surface area (Å²) in [7, 11) is 0. The van der Waals surface area contributed by atoms with Crippen molar-refractivity contribution in [1.29, 1.82) is 0 Å². The Labute approximate surface area is 165 Å². The van der Waals surface area contributed by atoms with Crippen LogP contribution in [0.1, 0.15) is 18.9 Å². The minimum Gasteiger partial charge on any atom is -0.335 e. The first-order valence-corrected chi connectivity index (χ1v) is 10.5. The van der Waals surface area contributed by atoms with E-state index in [4.69, 9.17) is 0 Å². The van der Waals surface area contributed by atoms with Crippen LogP contribution in [0.3, 0.4) is 0 Å². The van der Waals surface area contributed by atoms with Gasteiger partial charge in [-0.1, -0.05) is 29.2 Å². The second-order valence-electron chi connectivity index (χ2n) is 6.12. The average molecular weight is 402 g/mol. The lowest BCUT2D eigenvalue weighted by atomic mass is 10.3. The molecule has 0 radical (unpaired) electrons. The molecule has 2 heterocycles. The predicted molar refractivity (Wildman–Crippen MR) is 110 cm³/mol. The number of thiazole rings is 1. The van der Waals surface area contributed by atoms with E-state index in [1.165, 1.54) is 12.1 Å². The molecule has 0 atom stereocenters. The Balaban J connectivity index is 1.65. The second kappa shape index (κ2) is 7.44. The number of aryl methyl sites for hydroxylation is 1. The van der Waals surface area contributed by atoms with Crippen LogP contribution in [-0.2, 0) is 6.54 Å². The number of hydrogen-bond donors (Lipinski definition) is 0. The number of allylic oxidation sites excluding steroid dienone is 2. The Morgan fingerprint density at radius 3 is 2.63 bits per heavy atom. The molecule has 3 aromatic rings. The number of halogens is 2. The van der Waals surface area contributed by atoms with E-state index in [2.05, 4.69) is 35.5 Å². The topological polar surface area (TPSA) is 7.12 Å². The quantitative estimate of drug-likeness (QED) is 0.497. The lowest BCUT2D eigenvalue weighted by Crippen LogP contribution is -2.33. The Hall–Kier alpha value is -2.18. The van der Waals surface area contributed by atoms with Gasteiger partial charge in [-0.3, -0.25) is 0 Å². The van der Waals surface area contributed by atoms with Crippen LogP contribution in [-0.4, -0.2) is 6.54 Å². The van der Waals surface area contributed by atoms with Crippen molar-refractivity contribution in [2.75, 3.05) is 11.4 Å². The number of benzene rings is 2. The van der Waals surface area contributed by atoms with Gasteiger partial charge in [-0.25, -0.2) is 8.78 Å². The first-order valence-electron chi connectivity index (χ1n) is 8.86. The zero-order valence-corrected chi connectivity index (χ0v) is 16.7. The molecule has 1 aromatic heterocycles. The van der Waals surface area contributed by atoms with Crippen molar-refractivity contribution >= 4 is 45.1 Å². The molecule has 1 aliphatic heterocycles. The highest BCUT2D eigenvalue weighted by molar-refractivity contribution is 8.03. The summed E-state index contributed by atoms with van der Waals surface area (Å²) < 4.78 is 30.4. The highest BCUT2D eigenvalue weighted by Crippen LogP contribution is 2.45. The van der Waals surface area contributed by atoms with Crippen molar-refractivity contribution < 1.29 is 13.3 Å². The van der Waals surface area contributed by atoms with Crippen LogP contribution in [0.15, 0.2) is 58.5 Å². The molecule has 0 saturated heterocycles. The van der Waals surface area contributed by atoms with Crippen LogP contribution in [0.25, 0.3) is 16.3 Å². The highest BCUT2D eigenvalue weighted by atomic mass is 32.2. The fourth-order valence-corrected chi connectivity index (χ4v) is 5.50. The van der Waals surface area contributed by atoms with E-state index >= 15 is 0 Å². The van der Waals surface area contributed by atoms with Gasteiger partial charge in [-0.2, -0.15) is 4.57 Å². The van der Waals surface area contributed by atoms with Crippen molar-refractivity contribution in [3.05, 3.63) is 70.2 Å². The normalized spacial score (nSPS) is 15.4. The predicted octanol–water partition coefficient (Wildman–Crippen LogP) is 5.97. The Morgan fingerprint density at radius 2 is 1.85 bits per heavy atom. The monoisotopic (exact) mass is 401 g/mol. The molecule has 0 aliphatic carbocycles. The molecule has 6 heteroatoms. The molecule has 0 amide bonds. The van der Waals surface area contributed by atoms with Crippen molar-refractivity contribution in [3.8, 4) is 0 Å². The van der Waals surface area contributed by atoms with Gasteiger partial charge in [0.1, 0.15) is 22.9 Å². The highest BCUT2D eigenvalue weighted by Gasteiger charge is 2.24. The van der Waals surface area contributed by atoms with Crippen molar-refractivity contribution in [2.45, 2.75) is 25.3 Å². The molecular weight excluding hydrogens is 382 g/mol. The Morgan fingerprint density at radius 1 is 1.07 bits per heavy atom. The van der Waals surface area contributed by atoms with Crippen LogP contribution in [0.4, 0.5) is 14.5 Å². The van der Waals surface area contributed by atoms with Gasteiger partial charge >= 0.3 is 0 Å². The third kappa shape index (κ3) is 3.39. The third-order valence-electron chi connectivity index (χ3n) is 4.49. The zero-order chi connectivity index (χ0) is 19.0. The van der Waals surface area contributed by atoms with Crippen LogP contribution in [0.2, 0.25) is 0 Å². The van der Waals surface area contributed by atoms with Crippen molar-refractivity contribution in [2.24, 2.45) is 0 Å². The first kappa shape index (κ1) is 18.2. The Bertz CT molecular complexity index is 1070. The summed E-state index contributed by atoms with van der Waals surface area (Å²) >= 11 is 3.29. The number of fused-ring (bicyclic) bond motifs is 2. The molecule has 0 unspecified atom stereocenters. The van der Waals surface area contributed by atoms with Gasteiger partial charge in [-0.15, -0.1) is 0 Å². The van der Waals surface area contributed by atoms with E-state index in [9.17, 15) is 8.78 Å². The van der Waals surface area contributed by atoms with E-state index in [0.717, 1.165) is 43.9 Å². The lowest BCUT2D eigenvalue weighted by Gasteiger charge is -2.17. The molecule has 0 spiro atoms. The number of aromatic nitrogens is 1. The summed E-state index contributed by atoms with van der Waals surface area (Å²) in [6.07, 6.45) is 6.12. The van der Waals surface area contributed by atoms with Crippen molar-refractivity contribution in [3.63, 3.8) is 0 Å². The molecular formula is C21H19F2N2S2+. The van der Waals surface area contributed by atoms with Crippen molar-refractivity contribution in [1.82, 2.24) is 0 Å². The number of thioether (sulfide) groups is 1. The van der Waals surface area contributed by atoms with Gasteiger partial charge < -0.3 is 4.90 Å². The van der Waals surface area contributed by atoms with Gasteiger partial charge in [-0.05, 0) is 50.3 Å². The molecule has 2 aromatic carbocycles. The maximum Gasteiger partial charge on any atom is 0.262 e. The molecule has 0 N–H and O–H groups in total. The summed E-state index contributed by atoms with van der Waals surface area (Å²) in [6, 6.07) is 9.82. The molecule has 1 aliphatic rings. The summed E-state index contributed by atoms with van der Waals surface area (Å²) in [6.45, 7) is 5.67. The van der Waals surface area contributed by atoms with Gasteiger partial charge in [0.25, 0.3) is 5.01 Å². The maximum atomic E-state index is 13.6. The van der Waals surface area contributed by atoms with Gasteiger partial charge in [0.05, 0.1) is 10.7 Å². The van der Waals surface area contributed by atoms with Crippen LogP contribution in [0, 0.1) is 11.6 Å². The largest absolute Gasteiger partial charge is 0.335 e. The van der Waals surface area contributed by atoms with E-state index in [0.29, 0.717) is 0 Å². The molecule has 0 fully saturated rings. The number of rotatable bonds is 4. The lowest BCUT2D eigenvalue weighted by molar-refractivity contribution is -0.665. The molecule has 0 saturated carbocycles. The van der Waals surface area contributed by atoms with Crippen LogP contribution < -0.4 is 9.47 Å². The molecule has 138 valence electrons. The summed E-state index contributed by atoms with van der Waals surface area (Å²) in [5, 5.41) is 2.15. The summed E-state index contributed by atoms with van der Waals surface area (Å²) in [5.74, 6) is -0.433. The minimum absolute atomic E-state index is 0.217. The number of nitrogens with zero attached hydrogens (tertiary/aromatic N) is 2. The van der Waals surface area contributed by atoms with E-state index in [1.54, 1.807) is 35.2 Å². The minimum atomic E-state index is -0.217. The maximum absolute atomic E-state index is 13.6. The van der Waals surface area contributed by atoms with Gasteiger partial charge in [0.15, 0.2) is 0 Å². The second-order valence-corrected chi connectivity index (χ2v) is 8.24. The number of anilines is 1. The van der Waals surface area contributed by atoms with E-state index in [1.807, 2.05) is 18.2 Å². The fourth-order valence-electron chi connectivity index (χ4n) is 3.26. The van der Waals surface area contributed by atoms with Gasteiger partial charge in [0.2, 0.25) is 5.52 Å². The van der Waals surface area contributed by atoms with E-state index in [-0.39, 0.29) is 11.6 Å². The Kier molecular flexibility index (Phi) is 5.02. The molecule has 2 nitrogen and oxygen atoms in total. The first-order chi connectivity index (χ1) is 13.1. The average Bonchev–Trinajstić information content (AvgIpc) is 3.18. The summed E-state index contributed by atoms with van der Waals surface area (Å²) in [4.78, 5) is 3.18. The summed E-state index contributed by atoms with van der Waals surface area (Å²) in [5.41, 5.74) is 1.84. The fraction of sp³-hybridized carbons (Fsp3) is 0.190. The third-order valence-corrected chi connectivity index (χ3v) is 6.76. The number of hydrogen-bond acceptors (Lipinski definition) is 3. The van der Waals surface area contributed by atoms with Crippen LogP contribution in [0.5, 0.6) is 0 Å².